The normalized spacial score (nSPS) is 15.9. The minimum atomic E-state index is 0.00235. The van der Waals surface area contributed by atoms with Crippen LogP contribution in [0.5, 0.6) is 11.5 Å². The van der Waals surface area contributed by atoms with Gasteiger partial charge in [0.2, 0.25) is 5.91 Å². The van der Waals surface area contributed by atoms with Crippen molar-refractivity contribution in [3.8, 4) is 11.5 Å². The van der Waals surface area contributed by atoms with E-state index in [2.05, 4.69) is 10.6 Å². The van der Waals surface area contributed by atoms with Crippen molar-refractivity contribution in [3.05, 3.63) is 83.6 Å². The number of rotatable bonds is 7. The molecule has 1 saturated heterocycles. The molecule has 0 saturated carbocycles. The zero-order valence-corrected chi connectivity index (χ0v) is 19.0. The van der Waals surface area contributed by atoms with E-state index in [0.717, 1.165) is 34.0 Å². The molecule has 5 rings (SSSR count). The number of anilines is 1. The molecule has 1 aliphatic heterocycles. The molecule has 168 valence electrons. The Labute approximate surface area is 197 Å². The van der Waals surface area contributed by atoms with Gasteiger partial charge in [-0.3, -0.25) is 4.79 Å². The van der Waals surface area contributed by atoms with Gasteiger partial charge in [0.15, 0.2) is 0 Å². The third kappa shape index (κ3) is 4.39. The van der Waals surface area contributed by atoms with Crippen LogP contribution in [0.4, 0.5) is 5.69 Å². The highest BCUT2D eigenvalue weighted by Crippen LogP contribution is 2.33. The molecule has 4 aromatic rings. The van der Waals surface area contributed by atoms with E-state index in [0.29, 0.717) is 31.1 Å². The summed E-state index contributed by atoms with van der Waals surface area (Å²) in [7, 11) is 1.63. The molecule has 0 aliphatic carbocycles. The Hall–Kier alpha value is -3.51. The Morgan fingerprint density at radius 2 is 1.73 bits per heavy atom. The van der Waals surface area contributed by atoms with Crippen LogP contribution in [0.2, 0.25) is 5.02 Å². The smallest absolute Gasteiger partial charge is 0.227 e. The van der Waals surface area contributed by atoms with Gasteiger partial charge in [0.1, 0.15) is 23.9 Å². The van der Waals surface area contributed by atoms with Crippen molar-refractivity contribution < 1.29 is 14.3 Å². The van der Waals surface area contributed by atoms with Crippen LogP contribution in [-0.4, -0.2) is 35.7 Å². The van der Waals surface area contributed by atoms with Crippen LogP contribution in [0, 0.1) is 0 Å². The topological polar surface area (TPSA) is 56.6 Å². The van der Waals surface area contributed by atoms with Crippen molar-refractivity contribution >= 4 is 34.2 Å². The maximum absolute atomic E-state index is 12.9. The summed E-state index contributed by atoms with van der Waals surface area (Å²) in [5.74, 6) is 2.56. The molecule has 1 aromatic heterocycles. The number of benzene rings is 3. The lowest BCUT2D eigenvalue weighted by atomic mass is 10.1. The number of nitrogens with zero attached hydrogens (tertiary/aromatic N) is 3. The highest BCUT2D eigenvalue weighted by molar-refractivity contribution is 6.30. The van der Waals surface area contributed by atoms with Crippen molar-refractivity contribution in [1.82, 2.24) is 9.55 Å². The fraction of sp³-hybridized carbons (Fsp3) is 0.231. The number of imidazole rings is 1. The van der Waals surface area contributed by atoms with E-state index < -0.39 is 0 Å². The third-order valence-electron chi connectivity index (χ3n) is 5.96. The molecule has 7 heteroatoms. The van der Waals surface area contributed by atoms with Crippen LogP contribution in [0.25, 0.3) is 11.0 Å². The summed E-state index contributed by atoms with van der Waals surface area (Å²) in [6.07, 6.45) is 0.424. The monoisotopic (exact) mass is 461 g/mol. The Kier molecular flexibility index (Phi) is 5.92. The van der Waals surface area contributed by atoms with Gasteiger partial charge in [-0.05, 0) is 60.7 Å². The molecule has 6 nitrogen and oxygen atoms in total. The summed E-state index contributed by atoms with van der Waals surface area (Å²) in [6, 6.07) is 23.0. The average Bonchev–Trinajstić information content (AvgIpc) is 3.41. The summed E-state index contributed by atoms with van der Waals surface area (Å²) in [5, 5.41) is 0.678. The number of ether oxygens (including phenoxy) is 2. The number of carbonyl (C=O) groups excluding carboxylic acids is 1. The molecule has 0 spiro atoms. The fourth-order valence-corrected chi connectivity index (χ4v) is 4.44. The Balaban J connectivity index is 1.38. The highest BCUT2D eigenvalue weighted by Gasteiger charge is 2.34. The van der Waals surface area contributed by atoms with Crippen LogP contribution >= 0.6 is 11.6 Å². The summed E-state index contributed by atoms with van der Waals surface area (Å²) in [4.78, 5) is 19.6. The number of methoxy groups -OCH3 is 1. The number of para-hydroxylation sites is 2. The number of carbonyl (C=O) groups is 1. The predicted octanol–water partition coefficient (Wildman–Crippen LogP) is 5.30. The maximum Gasteiger partial charge on any atom is 0.227 e. The molecule has 1 atom stereocenters. The quantitative estimate of drug-likeness (QED) is 0.375. The molecular formula is C26H24ClN3O3. The molecule has 1 amide bonds. The lowest BCUT2D eigenvalue weighted by Crippen LogP contribution is -2.24. The van der Waals surface area contributed by atoms with Gasteiger partial charge in [0, 0.05) is 29.6 Å². The number of hydrogen-bond acceptors (Lipinski definition) is 4. The summed E-state index contributed by atoms with van der Waals surface area (Å²) in [6.45, 7) is 1.70. The predicted molar refractivity (Wildman–Crippen MR) is 129 cm³/mol. The second-order valence-corrected chi connectivity index (χ2v) is 8.45. The first kappa shape index (κ1) is 21.3. The van der Waals surface area contributed by atoms with Crippen molar-refractivity contribution in [2.24, 2.45) is 0 Å². The molecule has 1 unspecified atom stereocenters. The van der Waals surface area contributed by atoms with Gasteiger partial charge in [-0.2, -0.15) is 0 Å². The van der Waals surface area contributed by atoms with E-state index in [9.17, 15) is 4.79 Å². The van der Waals surface area contributed by atoms with E-state index in [4.69, 9.17) is 26.1 Å². The largest absolute Gasteiger partial charge is 0.497 e. The van der Waals surface area contributed by atoms with Gasteiger partial charge in [0.25, 0.3) is 0 Å². The molecular weight excluding hydrogens is 438 g/mol. The summed E-state index contributed by atoms with van der Waals surface area (Å²) >= 11 is 5.96. The fourth-order valence-electron chi connectivity index (χ4n) is 4.32. The summed E-state index contributed by atoms with van der Waals surface area (Å²) in [5.41, 5.74) is 2.84. The van der Waals surface area contributed by atoms with Crippen molar-refractivity contribution in [1.29, 1.82) is 0 Å². The molecule has 1 aliphatic rings. The number of aromatic nitrogens is 2. The van der Waals surface area contributed by atoms with Gasteiger partial charge in [0.05, 0.1) is 24.7 Å². The van der Waals surface area contributed by atoms with E-state index in [1.54, 1.807) is 7.11 Å². The van der Waals surface area contributed by atoms with Gasteiger partial charge in [-0.15, -0.1) is 0 Å². The average molecular weight is 462 g/mol. The molecule has 0 N–H and O–H groups in total. The van der Waals surface area contributed by atoms with Crippen LogP contribution in [-0.2, 0) is 11.3 Å². The van der Waals surface area contributed by atoms with E-state index >= 15 is 0 Å². The zero-order chi connectivity index (χ0) is 22.8. The molecule has 1 fully saturated rings. The van der Waals surface area contributed by atoms with Gasteiger partial charge >= 0.3 is 0 Å². The minimum Gasteiger partial charge on any atom is -0.497 e. The Morgan fingerprint density at radius 3 is 2.48 bits per heavy atom. The Bertz CT molecular complexity index is 1270. The zero-order valence-electron chi connectivity index (χ0n) is 18.3. The summed E-state index contributed by atoms with van der Waals surface area (Å²) < 4.78 is 13.4. The van der Waals surface area contributed by atoms with Crippen LogP contribution in [0.1, 0.15) is 18.2 Å². The van der Waals surface area contributed by atoms with Crippen LogP contribution < -0.4 is 14.4 Å². The number of hydrogen-bond donors (Lipinski definition) is 0. The van der Waals surface area contributed by atoms with Crippen LogP contribution in [0.15, 0.2) is 72.8 Å². The number of amides is 1. The van der Waals surface area contributed by atoms with Crippen molar-refractivity contribution in [2.45, 2.75) is 18.9 Å². The van der Waals surface area contributed by atoms with Crippen molar-refractivity contribution in [3.63, 3.8) is 0 Å². The highest BCUT2D eigenvalue weighted by atomic mass is 35.5. The SMILES string of the molecule is COc1ccc(N2CC(c3nc4ccccc4n3CCOc3ccc(Cl)cc3)CC2=O)cc1. The minimum absolute atomic E-state index is 0.00235. The van der Waals surface area contributed by atoms with Gasteiger partial charge in [-0.25, -0.2) is 4.98 Å². The lowest BCUT2D eigenvalue weighted by molar-refractivity contribution is -0.117. The lowest BCUT2D eigenvalue weighted by Gasteiger charge is -2.18. The number of halogens is 1. The first-order valence-corrected chi connectivity index (χ1v) is 11.3. The molecule has 2 heterocycles. The first-order chi connectivity index (χ1) is 16.1. The second kappa shape index (κ2) is 9.16. The molecule has 0 bridgehead atoms. The number of fused-ring (bicyclic) bond motifs is 1. The Morgan fingerprint density at radius 1 is 1.00 bits per heavy atom. The van der Waals surface area contributed by atoms with Gasteiger partial charge in [-0.1, -0.05) is 23.7 Å². The molecule has 33 heavy (non-hydrogen) atoms. The van der Waals surface area contributed by atoms with E-state index in [1.165, 1.54) is 0 Å². The molecule has 3 aromatic carbocycles. The van der Waals surface area contributed by atoms with E-state index in [-0.39, 0.29) is 11.8 Å². The van der Waals surface area contributed by atoms with Crippen LogP contribution in [0.3, 0.4) is 0 Å². The standard InChI is InChI=1S/C26H24ClN3O3/c1-32-21-12-8-20(9-13-21)30-17-18(16-25(30)31)26-28-23-4-2-3-5-24(23)29(26)14-15-33-22-10-6-19(27)7-11-22/h2-13,18H,14-17H2,1H3. The van der Waals surface area contributed by atoms with E-state index in [1.807, 2.05) is 71.6 Å². The van der Waals surface area contributed by atoms with Crippen molar-refractivity contribution in [2.75, 3.05) is 25.2 Å². The molecule has 0 radical (unpaired) electrons. The first-order valence-electron chi connectivity index (χ1n) is 10.9. The van der Waals surface area contributed by atoms with Gasteiger partial charge < -0.3 is 18.9 Å². The maximum atomic E-state index is 12.9. The second-order valence-electron chi connectivity index (χ2n) is 8.02. The third-order valence-corrected chi connectivity index (χ3v) is 6.21.